The van der Waals surface area contributed by atoms with Crippen LogP contribution in [0.4, 0.5) is 11.4 Å². The summed E-state index contributed by atoms with van der Waals surface area (Å²) in [7, 11) is 1.60. The maximum Gasteiger partial charge on any atom is 0.270 e. The number of anilines is 2. The second-order valence-corrected chi connectivity index (χ2v) is 6.29. The van der Waals surface area contributed by atoms with Gasteiger partial charge in [-0.05, 0) is 43.2 Å². The summed E-state index contributed by atoms with van der Waals surface area (Å²) in [5.41, 5.74) is 1.92. The van der Waals surface area contributed by atoms with Crippen molar-refractivity contribution in [2.75, 3.05) is 12.4 Å². The zero-order chi connectivity index (χ0) is 16.9. The highest BCUT2D eigenvalue weighted by Crippen LogP contribution is 2.30. The van der Waals surface area contributed by atoms with E-state index in [1.54, 1.807) is 37.6 Å². The Labute approximate surface area is 146 Å². The predicted molar refractivity (Wildman–Crippen MR) is 95.2 cm³/mol. The molecule has 5 nitrogen and oxygen atoms in total. The molecule has 2 N–H and O–H groups in total. The molecule has 1 aromatic heterocycles. The van der Waals surface area contributed by atoms with E-state index in [4.69, 9.17) is 16.3 Å². The maximum absolute atomic E-state index is 12.2. The third-order valence-corrected chi connectivity index (χ3v) is 4.36. The van der Waals surface area contributed by atoms with E-state index in [2.05, 4.69) is 15.6 Å². The number of methoxy groups -OCH3 is 1. The first-order valence-corrected chi connectivity index (χ1v) is 8.41. The molecule has 1 aromatic carbocycles. The number of nitrogens with zero attached hydrogens (tertiary/aromatic N) is 1. The Morgan fingerprint density at radius 2 is 2.04 bits per heavy atom. The van der Waals surface area contributed by atoms with Crippen molar-refractivity contribution >= 4 is 28.9 Å². The molecule has 2 aromatic rings. The van der Waals surface area contributed by atoms with E-state index in [1.807, 2.05) is 6.07 Å². The van der Waals surface area contributed by atoms with Crippen molar-refractivity contribution in [3.05, 3.63) is 47.2 Å². The Morgan fingerprint density at radius 3 is 2.71 bits per heavy atom. The molecular weight excluding hydrogens is 326 g/mol. The number of nitrogens with one attached hydrogen (secondary N) is 2. The van der Waals surface area contributed by atoms with Gasteiger partial charge in [-0.15, -0.1) is 0 Å². The summed E-state index contributed by atoms with van der Waals surface area (Å²) in [6.45, 7) is 0. The number of hydrogen-bond donors (Lipinski definition) is 2. The summed E-state index contributed by atoms with van der Waals surface area (Å²) >= 11 is 6.02. The summed E-state index contributed by atoms with van der Waals surface area (Å²) < 4.78 is 5.30. The number of amides is 1. The summed E-state index contributed by atoms with van der Waals surface area (Å²) in [4.78, 5) is 16.4. The van der Waals surface area contributed by atoms with Crippen LogP contribution in [0.15, 0.2) is 36.5 Å². The zero-order valence-corrected chi connectivity index (χ0v) is 14.3. The Balaban J connectivity index is 1.68. The van der Waals surface area contributed by atoms with Gasteiger partial charge in [-0.25, -0.2) is 4.98 Å². The lowest BCUT2D eigenvalue weighted by atomic mass is 10.2. The monoisotopic (exact) mass is 345 g/mol. The number of rotatable bonds is 5. The summed E-state index contributed by atoms with van der Waals surface area (Å²) in [5, 5.41) is 6.84. The normalized spacial score (nSPS) is 14.4. The van der Waals surface area contributed by atoms with Crippen LogP contribution in [0.1, 0.15) is 36.2 Å². The average Bonchev–Trinajstić information content (AvgIpc) is 3.09. The second-order valence-electron chi connectivity index (χ2n) is 5.86. The first kappa shape index (κ1) is 16.6. The SMILES string of the molecule is COc1ccc(Cl)cc1Nc1ccc(C(=O)NC2CCCC2)nc1. The molecule has 0 bridgehead atoms. The zero-order valence-electron chi connectivity index (χ0n) is 13.5. The first-order chi connectivity index (χ1) is 11.7. The minimum Gasteiger partial charge on any atom is -0.495 e. The number of carbonyl (C=O) groups excluding carboxylic acids is 1. The maximum atomic E-state index is 12.2. The number of hydrogen-bond acceptors (Lipinski definition) is 4. The fourth-order valence-corrected chi connectivity index (χ4v) is 3.04. The first-order valence-electron chi connectivity index (χ1n) is 8.03. The van der Waals surface area contributed by atoms with Gasteiger partial charge in [-0.1, -0.05) is 24.4 Å². The molecule has 0 aliphatic heterocycles. The smallest absolute Gasteiger partial charge is 0.270 e. The Hall–Kier alpha value is -2.27. The van der Waals surface area contributed by atoms with Gasteiger partial charge in [0.1, 0.15) is 11.4 Å². The van der Waals surface area contributed by atoms with E-state index >= 15 is 0 Å². The van der Waals surface area contributed by atoms with Crippen molar-refractivity contribution in [1.29, 1.82) is 0 Å². The minimum absolute atomic E-state index is 0.117. The van der Waals surface area contributed by atoms with Crippen molar-refractivity contribution in [2.45, 2.75) is 31.7 Å². The second kappa shape index (κ2) is 7.53. The van der Waals surface area contributed by atoms with E-state index in [0.717, 1.165) is 24.2 Å². The molecule has 0 saturated heterocycles. The van der Waals surface area contributed by atoms with Crippen molar-refractivity contribution in [2.24, 2.45) is 0 Å². The molecule has 6 heteroatoms. The van der Waals surface area contributed by atoms with Gasteiger partial charge in [-0.2, -0.15) is 0 Å². The van der Waals surface area contributed by atoms with E-state index in [1.165, 1.54) is 12.8 Å². The van der Waals surface area contributed by atoms with Gasteiger partial charge >= 0.3 is 0 Å². The molecule has 1 amide bonds. The van der Waals surface area contributed by atoms with Gasteiger partial charge in [-0.3, -0.25) is 4.79 Å². The molecule has 0 unspecified atom stereocenters. The highest BCUT2D eigenvalue weighted by Gasteiger charge is 2.18. The predicted octanol–water partition coefficient (Wildman–Crippen LogP) is 4.16. The van der Waals surface area contributed by atoms with Gasteiger partial charge in [0.15, 0.2) is 0 Å². The standard InChI is InChI=1S/C18H20ClN3O2/c1-24-17-9-6-12(19)10-16(17)21-14-7-8-15(20-11-14)18(23)22-13-4-2-3-5-13/h6-11,13,21H,2-5H2,1H3,(H,22,23). The minimum atomic E-state index is -0.117. The number of pyridine rings is 1. The quantitative estimate of drug-likeness (QED) is 0.854. The Kier molecular flexibility index (Phi) is 5.20. The molecule has 24 heavy (non-hydrogen) atoms. The van der Waals surface area contributed by atoms with Crippen LogP contribution >= 0.6 is 11.6 Å². The summed E-state index contributed by atoms with van der Waals surface area (Å²) in [5.74, 6) is 0.566. The number of aromatic nitrogens is 1. The number of carbonyl (C=O) groups is 1. The molecule has 1 saturated carbocycles. The number of halogens is 1. The number of benzene rings is 1. The largest absolute Gasteiger partial charge is 0.495 e. The van der Waals surface area contributed by atoms with Crippen LogP contribution in [-0.2, 0) is 0 Å². The molecule has 1 fully saturated rings. The fourth-order valence-electron chi connectivity index (χ4n) is 2.86. The van der Waals surface area contributed by atoms with Crippen molar-refractivity contribution in [3.8, 4) is 5.75 Å². The fraction of sp³-hybridized carbons (Fsp3) is 0.333. The summed E-state index contributed by atoms with van der Waals surface area (Å²) in [6.07, 6.45) is 6.11. The van der Waals surface area contributed by atoms with Crippen LogP contribution in [0.3, 0.4) is 0 Å². The highest BCUT2D eigenvalue weighted by atomic mass is 35.5. The van der Waals surface area contributed by atoms with Crippen LogP contribution in [-0.4, -0.2) is 24.0 Å². The van der Waals surface area contributed by atoms with Crippen molar-refractivity contribution in [1.82, 2.24) is 10.3 Å². The molecular formula is C18H20ClN3O2. The Morgan fingerprint density at radius 1 is 1.25 bits per heavy atom. The van der Waals surface area contributed by atoms with Gasteiger partial charge in [0.2, 0.25) is 0 Å². The van der Waals surface area contributed by atoms with Crippen molar-refractivity contribution < 1.29 is 9.53 Å². The molecule has 0 atom stereocenters. The third kappa shape index (κ3) is 3.97. The van der Waals surface area contributed by atoms with Gasteiger partial charge < -0.3 is 15.4 Å². The molecule has 0 spiro atoms. The van der Waals surface area contributed by atoms with Crippen LogP contribution in [0.5, 0.6) is 5.75 Å². The molecule has 0 radical (unpaired) electrons. The van der Waals surface area contributed by atoms with E-state index in [0.29, 0.717) is 16.5 Å². The lowest BCUT2D eigenvalue weighted by Crippen LogP contribution is -2.33. The van der Waals surface area contributed by atoms with Crippen LogP contribution in [0.25, 0.3) is 0 Å². The molecule has 126 valence electrons. The van der Waals surface area contributed by atoms with E-state index in [-0.39, 0.29) is 11.9 Å². The topological polar surface area (TPSA) is 63.2 Å². The van der Waals surface area contributed by atoms with Crippen LogP contribution in [0, 0.1) is 0 Å². The average molecular weight is 346 g/mol. The lowest BCUT2D eigenvalue weighted by Gasteiger charge is -2.13. The number of ether oxygens (including phenoxy) is 1. The van der Waals surface area contributed by atoms with Gasteiger partial charge in [0, 0.05) is 11.1 Å². The highest BCUT2D eigenvalue weighted by molar-refractivity contribution is 6.31. The van der Waals surface area contributed by atoms with Crippen LogP contribution < -0.4 is 15.4 Å². The lowest BCUT2D eigenvalue weighted by molar-refractivity contribution is 0.0933. The van der Waals surface area contributed by atoms with Gasteiger partial charge in [0.05, 0.1) is 24.7 Å². The van der Waals surface area contributed by atoms with E-state index in [9.17, 15) is 4.79 Å². The summed E-state index contributed by atoms with van der Waals surface area (Å²) in [6, 6.07) is 9.15. The van der Waals surface area contributed by atoms with Crippen molar-refractivity contribution in [3.63, 3.8) is 0 Å². The third-order valence-electron chi connectivity index (χ3n) is 4.13. The molecule has 1 aliphatic rings. The molecule has 1 aliphatic carbocycles. The van der Waals surface area contributed by atoms with Crippen LogP contribution in [0.2, 0.25) is 5.02 Å². The van der Waals surface area contributed by atoms with Gasteiger partial charge in [0.25, 0.3) is 5.91 Å². The Bertz CT molecular complexity index is 713. The molecule has 3 rings (SSSR count). The molecule has 1 heterocycles. The van der Waals surface area contributed by atoms with E-state index < -0.39 is 0 Å².